The molecule has 0 saturated heterocycles. The summed E-state index contributed by atoms with van der Waals surface area (Å²) in [7, 11) is 0. The quantitative estimate of drug-likeness (QED) is 0.296. The zero-order chi connectivity index (χ0) is 17.9. The molecule has 3 heteroatoms. The van der Waals surface area contributed by atoms with Gasteiger partial charge in [-0.25, -0.2) is 0 Å². The SMILES string of the molecule is CCCCCCC1CCC(C(=O)Oc2ccc(C#CC#N)cc2)CC1. The van der Waals surface area contributed by atoms with Gasteiger partial charge in [-0.05, 0) is 55.9 Å². The lowest BCUT2D eigenvalue weighted by molar-refractivity contribution is -0.140. The van der Waals surface area contributed by atoms with E-state index in [0.29, 0.717) is 5.75 Å². The maximum absolute atomic E-state index is 12.3. The lowest BCUT2D eigenvalue weighted by atomic mass is 9.80. The third-order valence-corrected chi connectivity index (χ3v) is 4.98. The molecule has 0 spiro atoms. The van der Waals surface area contributed by atoms with Crippen molar-refractivity contribution in [2.24, 2.45) is 11.8 Å². The Labute approximate surface area is 151 Å². The van der Waals surface area contributed by atoms with Gasteiger partial charge in [0.2, 0.25) is 0 Å². The number of rotatable bonds is 7. The highest BCUT2D eigenvalue weighted by molar-refractivity contribution is 5.75. The Bertz CT molecular complexity index is 637. The summed E-state index contributed by atoms with van der Waals surface area (Å²) >= 11 is 0. The van der Waals surface area contributed by atoms with Gasteiger partial charge in [-0.3, -0.25) is 4.79 Å². The van der Waals surface area contributed by atoms with Crippen LogP contribution >= 0.6 is 0 Å². The molecule has 2 rings (SSSR count). The van der Waals surface area contributed by atoms with Crippen LogP contribution in [0.2, 0.25) is 0 Å². The molecule has 0 unspecified atom stereocenters. The van der Waals surface area contributed by atoms with Crippen LogP contribution < -0.4 is 4.74 Å². The normalized spacial score (nSPS) is 19.4. The van der Waals surface area contributed by atoms with Gasteiger partial charge in [-0.2, -0.15) is 5.26 Å². The van der Waals surface area contributed by atoms with Crippen molar-refractivity contribution in [2.45, 2.75) is 64.7 Å². The third kappa shape index (κ3) is 6.63. The molecule has 1 aromatic rings. The maximum atomic E-state index is 12.3. The van der Waals surface area contributed by atoms with E-state index >= 15 is 0 Å². The molecule has 1 aromatic carbocycles. The molecule has 0 aliphatic heterocycles. The van der Waals surface area contributed by atoms with E-state index in [0.717, 1.165) is 37.2 Å². The van der Waals surface area contributed by atoms with E-state index in [2.05, 4.69) is 18.8 Å². The smallest absolute Gasteiger partial charge is 0.314 e. The highest BCUT2D eigenvalue weighted by atomic mass is 16.5. The second kappa shape index (κ2) is 10.6. The van der Waals surface area contributed by atoms with Crippen molar-refractivity contribution >= 4 is 5.97 Å². The standard InChI is InChI=1S/C22H27NO2/c1-2-3-4-5-7-18-9-13-20(14-10-18)22(24)25-21-15-11-19(12-16-21)8-6-17-23/h11-12,15-16,18,20H,2-5,7,9-10,13-14H2,1H3. The molecule has 0 atom stereocenters. The lowest BCUT2D eigenvalue weighted by Gasteiger charge is -2.27. The molecule has 1 saturated carbocycles. The molecule has 1 fully saturated rings. The van der Waals surface area contributed by atoms with Crippen LogP contribution in [0.5, 0.6) is 5.75 Å². The monoisotopic (exact) mass is 337 g/mol. The largest absolute Gasteiger partial charge is 0.426 e. The first-order chi connectivity index (χ1) is 12.2. The second-order valence-electron chi connectivity index (χ2n) is 6.87. The molecule has 0 radical (unpaired) electrons. The van der Waals surface area contributed by atoms with Gasteiger partial charge in [0.25, 0.3) is 0 Å². The fourth-order valence-electron chi connectivity index (χ4n) is 3.45. The van der Waals surface area contributed by atoms with Crippen LogP contribution in [0.15, 0.2) is 24.3 Å². The van der Waals surface area contributed by atoms with Crippen LogP contribution in [0, 0.1) is 35.0 Å². The molecule has 0 amide bonds. The number of carbonyl (C=O) groups excluding carboxylic acids is 1. The van der Waals surface area contributed by atoms with Crippen molar-refractivity contribution < 1.29 is 9.53 Å². The zero-order valence-corrected chi connectivity index (χ0v) is 15.1. The Morgan fingerprint density at radius 2 is 1.84 bits per heavy atom. The number of nitrogens with zero attached hydrogens (tertiary/aromatic N) is 1. The fraction of sp³-hybridized carbons (Fsp3) is 0.545. The summed E-state index contributed by atoms with van der Waals surface area (Å²) in [6.45, 7) is 2.24. The Kier molecular flexibility index (Phi) is 8.06. The van der Waals surface area contributed by atoms with Crippen LogP contribution in [-0.4, -0.2) is 5.97 Å². The summed E-state index contributed by atoms with van der Waals surface area (Å²) in [6, 6.07) is 8.78. The topological polar surface area (TPSA) is 50.1 Å². The van der Waals surface area contributed by atoms with Crippen molar-refractivity contribution in [3.63, 3.8) is 0 Å². The first-order valence-corrected chi connectivity index (χ1v) is 9.44. The van der Waals surface area contributed by atoms with Gasteiger partial charge >= 0.3 is 5.97 Å². The first-order valence-electron chi connectivity index (χ1n) is 9.44. The van der Waals surface area contributed by atoms with Gasteiger partial charge in [0.1, 0.15) is 5.75 Å². The number of unbranched alkanes of at least 4 members (excludes halogenated alkanes) is 3. The van der Waals surface area contributed by atoms with Crippen LogP contribution in [0.25, 0.3) is 0 Å². The molecule has 0 N–H and O–H groups in total. The molecule has 1 aliphatic rings. The molecule has 0 bridgehead atoms. The van der Waals surface area contributed by atoms with Crippen molar-refractivity contribution in [3.05, 3.63) is 29.8 Å². The van der Waals surface area contributed by atoms with Crippen LogP contribution in [0.4, 0.5) is 0 Å². The van der Waals surface area contributed by atoms with E-state index in [4.69, 9.17) is 10.00 Å². The van der Waals surface area contributed by atoms with E-state index in [9.17, 15) is 4.79 Å². The predicted molar refractivity (Wildman–Crippen MR) is 98.8 cm³/mol. The molecule has 3 nitrogen and oxygen atoms in total. The fourth-order valence-corrected chi connectivity index (χ4v) is 3.45. The molecule has 25 heavy (non-hydrogen) atoms. The van der Waals surface area contributed by atoms with Crippen LogP contribution in [0.3, 0.4) is 0 Å². The number of nitriles is 1. The van der Waals surface area contributed by atoms with Gasteiger partial charge in [0, 0.05) is 11.5 Å². The molecular formula is C22H27NO2. The number of esters is 1. The average molecular weight is 337 g/mol. The number of ether oxygens (including phenoxy) is 1. The van der Waals surface area contributed by atoms with Crippen LogP contribution in [0.1, 0.15) is 70.3 Å². The van der Waals surface area contributed by atoms with Gasteiger partial charge in [-0.1, -0.05) is 44.9 Å². The highest BCUT2D eigenvalue weighted by Crippen LogP contribution is 2.33. The van der Waals surface area contributed by atoms with E-state index in [1.165, 1.54) is 32.1 Å². The van der Waals surface area contributed by atoms with Crippen molar-refractivity contribution in [1.82, 2.24) is 0 Å². The minimum absolute atomic E-state index is 0.0324. The summed E-state index contributed by atoms with van der Waals surface area (Å²) in [5.41, 5.74) is 0.741. The summed E-state index contributed by atoms with van der Waals surface area (Å²) in [5, 5.41) is 8.44. The molecular weight excluding hydrogens is 310 g/mol. The Balaban J connectivity index is 1.74. The molecule has 132 valence electrons. The number of hydrogen-bond acceptors (Lipinski definition) is 3. The number of hydrogen-bond donors (Lipinski definition) is 0. The predicted octanol–water partition coefficient (Wildman–Crippen LogP) is 5.24. The molecule has 0 heterocycles. The van der Waals surface area contributed by atoms with E-state index in [-0.39, 0.29) is 11.9 Å². The van der Waals surface area contributed by atoms with Gasteiger partial charge in [0.05, 0.1) is 5.92 Å². The van der Waals surface area contributed by atoms with E-state index in [1.54, 1.807) is 30.3 Å². The summed E-state index contributed by atoms with van der Waals surface area (Å²) in [5.74, 6) is 6.33. The van der Waals surface area contributed by atoms with Gasteiger partial charge in [0.15, 0.2) is 6.07 Å². The van der Waals surface area contributed by atoms with Gasteiger partial charge in [-0.15, -0.1) is 0 Å². The lowest BCUT2D eigenvalue weighted by Crippen LogP contribution is -2.25. The zero-order valence-electron chi connectivity index (χ0n) is 15.1. The number of carbonyl (C=O) groups is 1. The molecule has 1 aliphatic carbocycles. The van der Waals surface area contributed by atoms with Crippen LogP contribution in [-0.2, 0) is 4.79 Å². The average Bonchev–Trinajstić information content (AvgIpc) is 2.65. The Morgan fingerprint density at radius 3 is 2.48 bits per heavy atom. The van der Waals surface area contributed by atoms with E-state index < -0.39 is 0 Å². The van der Waals surface area contributed by atoms with Crippen molar-refractivity contribution in [1.29, 1.82) is 5.26 Å². The van der Waals surface area contributed by atoms with Gasteiger partial charge < -0.3 is 4.74 Å². The molecule has 0 aromatic heterocycles. The third-order valence-electron chi connectivity index (χ3n) is 4.98. The Morgan fingerprint density at radius 1 is 1.12 bits per heavy atom. The number of benzene rings is 1. The first kappa shape index (κ1) is 19.1. The summed E-state index contributed by atoms with van der Waals surface area (Å²) < 4.78 is 5.51. The second-order valence-corrected chi connectivity index (χ2v) is 6.87. The highest BCUT2D eigenvalue weighted by Gasteiger charge is 2.27. The summed E-state index contributed by atoms with van der Waals surface area (Å²) in [6.07, 6.45) is 10.8. The Hall–Kier alpha value is -2.26. The minimum Gasteiger partial charge on any atom is -0.426 e. The van der Waals surface area contributed by atoms with Crippen molar-refractivity contribution in [3.8, 4) is 23.7 Å². The van der Waals surface area contributed by atoms with E-state index in [1.807, 2.05) is 0 Å². The summed E-state index contributed by atoms with van der Waals surface area (Å²) in [4.78, 5) is 12.3. The minimum atomic E-state index is -0.111. The maximum Gasteiger partial charge on any atom is 0.314 e. The van der Waals surface area contributed by atoms with Crippen molar-refractivity contribution in [2.75, 3.05) is 0 Å².